The molecule has 0 amide bonds. The van der Waals surface area contributed by atoms with E-state index in [1.807, 2.05) is 18.2 Å². The molecule has 0 spiro atoms. The van der Waals surface area contributed by atoms with E-state index in [0.29, 0.717) is 17.6 Å². The minimum Gasteiger partial charge on any atom is -0.377 e. The molecular formula is C14H12ClN3OS. The van der Waals surface area contributed by atoms with Crippen molar-refractivity contribution in [2.24, 2.45) is 0 Å². The van der Waals surface area contributed by atoms with Crippen LogP contribution in [-0.2, 0) is 11.3 Å². The van der Waals surface area contributed by atoms with Crippen molar-refractivity contribution in [2.45, 2.75) is 16.7 Å². The Balaban J connectivity index is 1.90. The second kappa shape index (κ2) is 5.83. The highest BCUT2D eigenvalue weighted by molar-refractivity contribution is 7.99. The molecule has 0 bridgehead atoms. The molecule has 0 aliphatic heterocycles. The second-order valence-corrected chi connectivity index (χ2v) is 5.65. The van der Waals surface area contributed by atoms with E-state index in [4.69, 9.17) is 16.3 Å². The summed E-state index contributed by atoms with van der Waals surface area (Å²) in [6.07, 6.45) is 0. The number of hydrogen-bond acceptors (Lipinski definition) is 4. The quantitative estimate of drug-likeness (QED) is 0.743. The molecule has 3 aromatic rings. The van der Waals surface area contributed by atoms with E-state index in [1.165, 1.54) is 17.1 Å². The van der Waals surface area contributed by atoms with Crippen molar-refractivity contribution in [3.63, 3.8) is 0 Å². The highest BCUT2D eigenvalue weighted by Gasteiger charge is 2.07. The van der Waals surface area contributed by atoms with Crippen molar-refractivity contribution < 1.29 is 4.74 Å². The van der Waals surface area contributed by atoms with Crippen LogP contribution in [0.1, 0.15) is 5.82 Å². The van der Waals surface area contributed by atoms with E-state index in [0.717, 1.165) is 15.6 Å². The zero-order valence-electron chi connectivity index (χ0n) is 10.8. The topological polar surface area (TPSA) is 50.8 Å². The van der Waals surface area contributed by atoms with Crippen LogP contribution in [0.3, 0.4) is 0 Å². The smallest absolute Gasteiger partial charge is 0.156 e. The molecule has 4 nitrogen and oxygen atoms in total. The van der Waals surface area contributed by atoms with Gasteiger partial charge in [-0.15, -0.1) is 0 Å². The Bertz CT molecular complexity index is 711. The lowest BCUT2D eigenvalue weighted by Gasteiger charge is -2.03. The van der Waals surface area contributed by atoms with Crippen LogP contribution in [0, 0.1) is 0 Å². The van der Waals surface area contributed by atoms with Crippen molar-refractivity contribution in [1.29, 1.82) is 0 Å². The molecular weight excluding hydrogens is 294 g/mol. The lowest BCUT2D eigenvalue weighted by atomic mass is 10.3. The van der Waals surface area contributed by atoms with Gasteiger partial charge in [0.1, 0.15) is 16.8 Å². The molecule has 1 N–H and O–H groups in total. The first-order valence-electron chi connectivity index (χ1n) is 6.02. The van der Waals surface area contributed by atoms with Gasteiger partial charge in [-0.3, -0.25) is 0 Å². The molecule has 102 valence electrons. The minimum absolute atomic E-state index is 0.348. The zero-order valence-corrected chi connectivity index (χ0v) is 12.3. The number of methoxy groups -OCH3 is 1. The van der Waals surface area contributed by atoms with Gasteiger partial charge < -0.3 is 9.72 Å². The summed E-state index contributed by atoms with van der Waals surface area (Å²) < 4.78 is 5.04. The highest BCUT2D eigenvalue weighted by atomic mass is 35.5. The van der Waals surface area contributed by atoms with Gasteiger partial charge in [0.15, 0.2) is 5.82 Å². The Hall–Kier alpha value is -1.56. The fourth-order valence-corrected chi connectivity index (χ4v) is 3.06. The molecule has 0 radical (unpaired) electrons. The van der Waals surface area contributed by atoms with Gasteiger partial charge in [-0.2, -0.15) is 0 Å². The summed E-state index contributed by atoms with van der Waals surface area (Å²) in [5.41, 5.74) is 1.10. The average Bonchev–Trinajstić information content (AvgIpc) is 2.80. The molecule has 0 atom stereocenters. The molecule has 0 aliphatic carbocycles. The Kier molecular flexibility index (Phi) is 3.91. The van der Waals surface area contributed by atoms with Crippen LogP contribution in [0.25, 0.3) is 10.9 Å². The SMILES string of the molecule is COCc1nc(Cl)cc(Sc2cc3ccccc3[nH]2)n1. The van der Waals surface area contributed by atoms with E-state index in [2.05, 4.69) is 27.1 Å². The van der Waals surface area contributed by atoms with Gasteiger partial charge >= 0.3 is 0 Å². The number of ether oxygens (including phenoxy) is 1. The molecule has 1 aromatic carbocycles. The van der Waals surface area contributed by atoms with E-state index in [1.54, 1.807) is 13.2 Å². The molecule has 2 aromatic heterocycles. The summed E-state index contributed by atoms with van der Waals surface area (Å²) in [5, 5.41) is 3.41. The van der Waals surface area contributed by atoms with Gasteiger partial charge in [-0.25, -0.2) is 9.97 Å². The maximum Gasteiger partial charge on any atom is 0.156 e. The summed E-state index contributed by atoms with van der Waals surface area (Å²) in [6.45, 7) is 0.348. The fourth-order valence-electron chi connectivity index (χ4n) is 1.90. The predicted octanol–water partition coefficient (Wildman–Crippen LogP) is 3.91. The maximum absolute atomic E-state index is 6.00. The van der Waals surface area contributed by atoms with E-state index < -0.39 is 0 Å². The molecule has 2 heterocycles. The highest BCUT2D eigenvalue weighted by Crippen LogP contribution is 2.29. The summed E-state index contributed by atoms with van der Waals surface area (Å²) in [7, 11) is 1.61. The van der Waals surface area contributed by atoms with Gasteiger partial charge in [0.2, 0.25) is 0 Å². The van der Waals surface area contributed by atoms with Crippen LogP contribution < -0.4 is 0 Å². The van der Waals surface area contributed by atoms with E-state index >= 15 is 0 Å². The predicted molar refractivity (Wildman–Crippen MR) is 80.2 cm³/mol. The summed E-state index contributed by atoms with van der Waals surface area (Å²) in [5.74, 6) is 0.582. The first-order chi connectivity index (χ1) is 9.74. The number of halogens is 1. The zero-order chi connectivity index (χ0) is 13.9. The first-order valence-corrected chi connectivity index (χ1v) is 7.22. The molecule has 0 saturated carbocycles. The Morgan fingerprint density at radius 2 is 2.10 bits per heavy atom. The van der Waals surface area contributed by atoms with Crippen molar-refractivity contribution in [1.82, 2.24) is 15.0 Å². The van der Waals surface area contributed by atoms with Gasteiger partial charge in [0, 0.05) is 24.1 Å². The van der Waals surface area contributed by atoms with Crippen LogP contribution >= 0.6 is 23.4 Å². The number of rotatable bonds is 4. The van der Waals surface area contributed by atoms with Crippen molar-refractivity contribution >= 4 is 34.3 Å². The van der Waals surface area contributed by atoms with Gasteiger partial charge in [-0.05, 0) is 12.1 Å². The van der Waals surface area contributed by atoms with Crippen LogP contribution in [0.4, 0.5) is 0 Å². The molecule has 6 heteroatoms. The Morgan fingerprint density at radius 3 is 2.90 bits per heavy atom. The van der Waals surface area contributed by atoms with Crippen molar-refractivity contribution in [3.05, 3.63) is 47.4 Å². The fraction of sp³-hybridized carbons (Fsp3) is 0.143. The summed E-state index contributed by atoms with van der Waals surface area (Å²) in [6, 6.07) is 12.0. The molecule has 20 heavy (non-hydrogen) atoms. The van der Waals surface area contributed by atoms with Crippen molar-refractivity contribution in [3.8, 4) is 0 Å². The third kappa shape index (κ3) is 2.95. The monoisotopic (exact) mass is 305 g/mol. The largest absolute Gasteiger partial charge is 0.377 e. The first kappa shape index (κ1) is 13.4. The van der Waals surface area contributed by atoms with E-state index in [-0.39, 0.29) is 0 Å². The number of nitrogens with zero attached hydrogens (tertiary/aromatic N) is 2. The van der Waals surface area contributed by atoms with Crippen LogP contribution in [-0.4, -0.2) is 22.1 Å². The third-order valence-corrected chi connectivity index (χ3v) is 3.76. The molecule has 0 saturated heterocycles. The molecule has 0 aliphatic rings. The van der Waals surface area contributed by atoms with Crippen LogP contribution in [0.5, 0.6) is 0 Å². The number of nitrogens with one attached hydrogen (secondary N) is 1. The maximum atomic E-state index is 6.00. The van der Waals surface area contributed by atoms with Gasteiger partial charge in [0.25, 0.3) is 0 Å². The normalized spacial score (nSPS) is 11.1. The van der Waals surface area contributed by atoms with Crippen LogP contribution in [0.15, 0.2) is 46.5 Å². The molecule has 3 rings (SSSR count). The number of aromatic amines is 1. The third-order valence-electron chi connectivity index (χ3n) is 2.71. The standard InChI is InChI=1S/C14H12ClN3OS/c1-19-8-12-17-11(15)7-14(18-12)20-13-6-9-4-2-3-5-10(9)16-13/h2-7,16H,8H2,1H3. The Labute approximate surface area is 125 Å². The number of benzene rings is 1. The van der Waals surface area contributed by atoms with Crippen molar-refractivity contribution in [2.75, 3.05) is 7.11 Å². The number of fused-ring (bicyclic) bond motifs is 1. The molecule has 0 fully saturated rings. The van der Waals surface area contributed by atoms with Crippen LogP contribution in [0.2, 0.25) is 5.15 Å². The number of para-hydroxylation sites is 1. The average molecular weight is 306 g/mol. The lowest BCUT2D eigenvalue weighted by Crippen LogP contribution is -1.98. The summed E-state index contributed by atoms with van der Waals surface area (Å²) >= 11 is 7.52. The number of aromatic nitrogens is 3. The second-order valence-electron chi connectivity index (χ2n) is 4.20. The summed E-state index contributed by atoms with van der Waals surface area (Å²) in [4.78, 5) is 11.9. The number of H-pyrrole nitrogens is 1. The van der Waals surface area contributed by atoms with E-state index in [9.17, 15) is 0 Å². The number of hydrogen-bond donors (Lipinski definition) is 1. The molecule has 0 unspecified atom stereocenters. The Morgan fingerprint density at radius 1 is 1.25 bits per heavy atom. The lowest BCUT2D eigenvalue weighted by molar-refractivity contribution is 0.177. The minimum atomic E-state index is 0.348. The van der Waals surface area contributed by atoms with Gasteiger partial charge in [0.05, 0.1) is 5.03 Å². The van der Waals surface area contributed by atoms with Gasteiger partial charge in [-0.1, -0.05) is 41.6 Å².